The van der Waals surface area contributed by atoms with Crippen LogP contribution in [0.5, 0.6) is 0 Å². The number of anilines is 2. The van der Waals surface area contributed by atoms with Gasteiger partial charge in [-0.05, 0) is 55.5 Å². The van der Waals surface area contributed by atoms with E-state index < -0.39 is 5.97 Å². The zero-order valence-corrected chi connectivity index (χ0v) is 20.8. The van der Waals surface area contributed by atoms with Gasteiger partial charge in [0.15, 0.2) is 0 Å². The monoisotopic (exact) mass is 511 g/mol. The lowest BCUT2D eigenvalue weighted by Gasteiger charge is -2.07. The first kappa shape index (κ1) is 22.8. The molecule has 0 spiro atoms. The van der Waals surface area contributed by atoms with Crippen molar-refractivity contribution in [1.29, 1.82) is 0 Å². The third-order valence-electron chi connectivity index (χ3n) is 5.98. The SMILES string of the molecule is COC(=O)c1c(NC(=O)c2sc3nc(-c4ccc(Cl)cc4)ccc3c2N)sc2c1CCCCC2. The summed E-state index contributed by atoms with van der Waals surface area (Å²) in [5, 5.41) is 4.84. The van der Waals surface area contributed by atoms with Gasteiger partial charge in [-0.15, -0.1) is 22.7 Å². The number of hydrogen-bond donors (Lipinski definition) is 2. The zero-order valence-electron chi connectivity index (χ0n) is 18.4. The van der Waals surface area contributed by atoms with E-state index in [0.29, 0.717) is 31.0 Å². The molecule has 1 aliphatic rings. The van der Waals surface area contributed by atoms with Crippen molar-refractivity contribution in [2.24, 2.45) is 0 Å². The predicted octanol–water partition coefficient (Wildman–Crippen LogP) is 6.57. The van der Waals surface area contributed by atoms with E-state index in [1.54, 1.807) is 0 Å². The van der Waals surface area contributed by atoms with Crippen LogP contribution in [-0.4, -0.2) is 24.0 Å². The first-order valence-corrected chi connectivity index (χ1v) is 13.0. The summed E-state index contributed by atoms with van der Waals surface area (Å²) in [6.45, 7) is 0. The van der Waals surface area contributed by atoms with Gasteiger partial charge >= 0.3 is 5.97 Å². The van der Waals surface area contributed by atoms with Gasteiger partial charge in [0.1, 0.15) is 14.7 Å². The Morgan fingerprint density at radius 3 is 2.59 bits per heavy atom. The predicted molar refractivity (Wildman–Crippen MR) is 139 cm³/mol. The smallest absolute Gasteiger partial charge is 0.341 e. The fourth-order valence-electron chi connectivity index (χ4n) is 4.26. The molecule has 4 aromatic rings. The molecule has 1 aromatic carbocycles. The summed E-state index contributed by atoms with van der Waals surface area (Å²) >= 11 is 8.69. The van der Waals surface area contributed by atoms with Gasteiger partial charge in [0, 0.05) is 20.8 Å². The summed E-state index contributed by atoms with van der Waals surface area (Å²) in [6, 6.07) is 11.2. The van der Waals surface area contributed by atoms with Crippen molar-refractivity contribution in [2.75, 3.05) is 18.2 Å². The van der Waals surface area contributed by atoms with Crippen LogP contribution in [0.4, 0.5) is 10.7 Å². The number of hydrogen-bond acceptors (Lipinski definition) is 7. The number of amides is 1. The highest BCUT2D eigenvalue weighted by Gasteiger charge is 2.27. The Morgan fingerprint density at radius 2 is 1.82 bits per heavy atom. The number of carbonyl (C=O) groups excluding carboxylic acids is 2. The normalized spacial score (nSPS) is 13.4. The quantitative estimate of drug-likeness (QED) is 0.239. The number of pyridine rings is 1. The number of halogens is 1. The lowest BCUT2D eigenvalue weighted by atomic mass is 10.1. The molecule has 0 radical (unpaired) electrons. The Kier molecular flexibility index (Phi) is 6.29. The van der Waals surface area contributed by atoms with Crippen molar-refractivity contribution in [2.45, 2.75) is 32.1 Å². The molecule has 3 heterocycles. The molecule has 0 bridgehead atoms. The van der Waals surface area contributed by atoms with Gasteiger partial charge in [-0.1, -0.05) is 30.2 Å². The van der Waals surface area contributed by atoms with Crippen molar-refractivity contribution in [1.82, 2.24) is 4.98 Å². The molecular weight excluding hydrogens is 490 g/mol. The molecule has 0 saturated carbocycles. The molecule has 9 heteroatoms. The first-order chi connectivity index (χ1) is 16.5. The van der Waals surface area contributed by atoms with Crippen molar-refractivity contribution in [3.8, 4) is 11.3 Å². The molecule has 5 rings (SSSR count). The van der Waals surface area contributed by atoms with Crippen LogP contribution in [0.25, 0.3) is 21.5 Å². The molecule has 1 amide bonds. The molecule has 0 saturated heterocycles. The molecule has 34 heavy (non-hydrogen) atoms. The summed E-state index contributed by atoms with van der Waals surface area (Å²) in [5.41, 5.74) is 9.90. The molecule has 1 aliphatic carbocycles. The maximum absolute atomic E-state index is 13.3. The number of nitrogen functional groups attached to an aromatic ring is 1. The number of methoxy groups -OCH3 is 1. The highest BCUT2D eigenvalue weighted by molar-refractivity contribution is 7.21. The Labute approximate surface area is 209 Å². The average Bonchev–Trinajstić information content (AvgIpc) is 3.25. The third-order valence-corrected chi connectivity index (χ3v) is 8.55. The van der Waals surface area contributed by atoms with E-state index in [1.165, 1.54) is 29.8 Å². The number of nitrogens with zero attached hydrogens (tertiary/aromatic N) is 1. The number of esters is 1. The van der Waals surface area contributed by atoms with E-state index in [-0.39, 0.29) is 5.91 Å². The van der Waals surface area contributed by atoms with Crippen LogP contribution in [0.1, 0.15) is 49.7 Å². The molecular formula is C25H22ClN3O3S2. The molecule has 0 atom stereocenters. The Bertz CT molecular complexity index is 1410. The number of aromatic nitrogens is 1. The van der Waals surface area contributed by atoms with Gasteiger partial charge in [0.2, 0.25) is 0 Å². The second-order valence-corrected chi connectivity index (χ2v) is 10.7. The highest BCUT2D eigenvalue weighted by atomic mass is 35.5. The number of benzene rings is 1. The molecule has 3 N–H and O–H groups in total. The Hall–Kier alpha value is -2.94. The number of nitrogens with two attached hydrogens (primary N) is 1. The molecule has 0 fully saturated rings. The fraction of sp³-hybridized carbons (Fsp3) is 0.240. The van der Waals surface area contributed by atoms with E-state index in [1.807, 2.05) is 36.4 Å². The van der Waals surface area contributed by atoms with E-state index in [2.05, 4.69) is 5.32 Å². The van der Waals surface area contributed by atoms with Crippen molar-refractivity contribution in [3.05, 3.63) is 62.3 Å². The minimum absolute atomic E-state index is 0.352. The summed E-state index contributed by atoms with van der Waals surface area (Å²) < 4.78 is 5.04. The third kappa shape index (κ3) is 4.17. The lowest BCUT2D eigenvalue weighted by molar-refractivity contribution is 0.0601. The lowest BCUT2D eigenvalue weighted by Crippen LogP contribution is -2.14. The van der Waals surface area contributed by atoms with Crippen LogP contribution in [0.2, 0.25) is 5.02 Å². The molecule has 174 valence electrons. The van der Waals surface area contributed by atoms with Gasteiger partial charge < -0.3 is 15.8 Å². The van der Waals surface area contributed by atoms with Crippen LogP contribution in [0.15, 0.2) is 36.4 Å². The summed E-state index contributed by atoms with van der Waals surface area (Å²) in [6.07, 6.45) is 4.95. The molecule has 3 aromatic heterocycles. The van der Waals surface area contributed by atoms with Crippen LogP contribution in [0.3, 0.4) is 0 Å². The van der Waals surface area contributed by atoms with Gasteiger partial charge in [0.05, 0.1) is 24.1 Å². The van der Waals surface area contributed by atoms with Crippen molar-refractivity contribution >= 4 is 67.1 Å². The van der Waals surface area contributed by atoms with Crippen LogP contribution in [-0.2, 0) is 17.6 Å². The van der Waals surface area contributed by atoms with Gasteiger partial charge in [-0.3, -0.25) is 4.79 Å². The number of ether oxygens (including phenoxy) is 1. The fourth-order valence-corrected chi connectivity index (χ4v) is 6.64. The molecule has 0 unspecified atom stereocenters. The maximum Gasteiger partial charge on any atom is 0.341 e. The largest absolute Gasteiger partial charge is 0.465 e. The van der Waals surface area contributed by atoms with Gasteiger partial charge in [0.25, 0.3) is 5.91 Å². The second-order valence-electron chi connectivity index (χ2n) is 8.12. The molecule has 0 aliphatic heterocycles. The van der Waals surface area contributed by atoms with E-state index >= 15 is 0 Å². The van der Waals surface area contributed by atoms with Crippen LogP contribution >= 0.6 is 34.3 Å². The average molecular weight is 512 g/mol. The summed E-state index contributed by atoms with van der Waals surface area (Å²) in [7, 11) is 1.36. The number of carbonyl (C=O) groups is 2. The Morgan fingerprint density at radius 1 is 1.06 bits per heavy atom. The van der Waals surface area contributed by atoms with E-state index in [9.17, 15) is 9.59 Å². The number of thiophene rings is 2. The number of aryl methyl sites for hydroxylation is 1. The number of rotatable bonds is 4. The topological polar surface area (TPSA) is 94.3 Å². The van der Waals surface area contributed by atoms with Crippen molar-refractivity contribution in [3.63, 3.8) is 0 Å². The summed E-state index contributed by atoms with van der Waals surface area (Å²) in [5.74, 6) is -0.775. The highest BCUT2D eigenvalue weighted by Crippen LogP contribution is 2.40. The summed E-state index contributed by atoms with van der Waals surface area (Å²) in [4.78, 5) is 32.8. The molecule has 6 nitrogen and oxygen atoms in total. The number of fused-ring (bicyclic) bond motifs is 2. The van der Waals surface area contributed by atoms with Crippen molar-refractivity contribution < 1.29 is 14.3 Å². The number of nitrogens with one attached hydrogen (secondary N) is 1. The minimum atomic E-state index is -0.423. The van der Waals surface area contributed by atoms with Gasteiger partial charge in [-0.2, -0.15) is 0 Å². The zero-order chi connectivity index (χ0) is 23.8. The standard InChI is InChI=1S/C25H22ClN3O3S2/c1-32-25(31)19-15-5-3-2-4-6-18(15)33-24(19)29-22(30)21-20(27)16-11-12-17(28-23(16)34-21)13-7-9-14(26)10-8-13/h7-12H,2-6,27H2,1H3,(H,29,30). The minimum Gasteiger partial charge on any atom is -0.465 e. The van der Waals surface area contributed by atoms with Crippen LogP contribution in [0, 0.1) is 0 Å². The van der Waals surface area contributed by atoms with Crippen LogP contribution < -0.4 is 11.1 Å². The Balaban J connectivity index is 1.49. The first-order valence-electron chi connectivity index (χ1n) is 11.0. The maximum atomic E-state index is 13.3. The second kappa shape index (κ2) is 9.37. The van der Waals surface area contributed by atoms with E-state index in [4.69, 9.17) is 27.1 Å². The van der Waals surface area contributed by atoms with Gasteiger partial charge in [-0.25, -0.2) is 9.78 Å². The van der Waals surface area contributed by atoms with E-state index in [0.717, 1.165) is 59.2 Å².